The lowest BCUT2D eigenvalue weighted by Crippen LogP contribution is -2.50. The molecule has 0 aliphatic rings. The Hall–Kier alpha value is -2.40. The van der Waals surface area contributed by atoms with E-state index in [-0.39, 0.29) is 17.7 Å². The Labute approximate surface area is 159 Å². The third kappa shape index (κ3) is 5.05. The zero-order valence-electron chi connectivity index (χ0n) is 15.5. The van der Waals surface area contributed by atoms with E-state index in [1.807, 2.05) is 26.8 Å². The lowest BCUT2D eigenvalue weighted by molar-refractivity contribution is -0.133. The van der Waals surface area contributed by atoms with Crippen LogP contribution in [0.2, 0.25) is 5.02 Å². The van der Waals surface area contributed by atoms with Gasteiger partial charge in [0.2, 0.25) is 5.91 Å². The van der Waals surface area contributed by atoms with Crippen LogP contribution >= 0.6 is 11.6 Å². The molecule has 0 bridgehead atoms. The van der Waals surface area contributed by atoms with E-state index < -0.39 is 6.04 Å². The van der Waals surface area contributed by atoms with Crippen molar-refractivity contribution in [3.05, 3.63) is 64.4 Å². The van der Waals surface area contributed by atoms with Crippen molar-refractivity contribution in [3.8, 4) is 0 Å². The first-order valence-corrected chi connectivity index (χ1v) is 8.88. The van der Waals surface area contributed by atoms with Gasteiger partial charge in [-0.3, -0.25) is 14.6 Å². The second kappa shape index (κ2) is 8.81. The quantitative estimate of drug-likeness (QED) is 0.843. The summed E-state index contributed by atoms with van der Waals surface area (Å²) in [4.78, 5) is 31.1. The fourth-order valence-corrected chi connectivity index (χ4v) is 2.70. The number of carbonyl (C=O) groups excluding carboxylic acids is 2. The predicted octanol–water partition coefficient (Wildman–Crippen LogP) is 3.46. The molecule has 2 rings (SSSR count). The average Bonchev–Trinajstić information content (AvgIpc) is 2.61. The van der Waals surface area contributed by atoms with Crippen LogP contribution in [0.15, 0.2) is 42.7 Å². The van der Waals surface area contributed by atoms with Gasteiger partial charge in [-0.2, -0.15) is 0 Å². The predicted molar refractivity (Wildman–Crippen MR) is 103 cm³/mol. The molecule has 0 spiro atoms. The van der Waals surface area contributed by atoms with Crippen LogP contribution in [0.25, 0.3) is 0 Å². The van der Waals surface area contributed by atoms with E-state index in [1.165, 1.54) is 0 Å². The van der Waals surface area contributed by atoms with E-state index in [0.29, 0.717) is 17.1 Å². The summed E-state index contributed by atoms with van der Waals surface area (Å²) < 4.78 is 0. The highest BCUT2D eigenvalue weighted by molar-refractivity contribution is 6.30. The van der Waals surface area contributed by atoms with Crippen molar-refractivity contribution < 1.29 is 9.59 Å². The molecule has 6 heteroatoms. The summed E-state index contributed by atoms with van der Waals surface area (Å²) in [5, 5.41) is 3.40. The molecule has 0 saturated carbocycles. The molecule has 2 aromatic rings. The van der Waals surface area contributed by atoms with E-state index >= 15 is 0 Å². The SMILES string of the molecule is Cc1ccncc1CN(C)C(=O)[C@@H](NC(=O)c1ccc(Cl)cc1)C(C)C. The fraction of sp³-hybridized carbons (Fsp3) is 0.350. The minimum atomic E-state index is -0.611. The van der Waals surface area contributed by atoms with E-state index in [1.54, 1.807) is 48.6 Å². The molecule has 5 nitrogen and oxygen atoms in total. The van der Waals surface area contributed by atoms with Crippen molar-refractivity contribution in [1.29, 1.82) is 0 Å². The molecule has 1 atom stereocenters. The number of carbonyl (C=O) groups is 2. The maximum atomic E-state index is 12.9. The maximum absolute atomic E-state index is 12.9. The minimum absolute atomic E-state index is 0.0452. The van der Waals surface area contributed by atoms with Crippen molar-refractivity contribution in [1.82, 2.24) is 15.2 Å². The van der Waals surface area contributed by atoms with Gasteiger partial charge in [0, 0.05) is 36.6 Å². The van der Waals surface area contributed by atoms with Crippen LogP contribution in [0.1, 0.15) is 35.3 Å². The van der Waals surface area contributed by atoms with Crippen LogP contribution in [0.3, 0.4) is 0 Å². The van der Waals surface area contributed by atoms with Crippen molar-refractivity contribution in [2.24, 2.45) is 5.92 Å². The topological polar surface area (TPSA) is 62.3 Å². The number of hydrogen-bond donors (Lipinski definition) is 1. The van der Waals surface area contributed by atoms with Gasteiger partial charge >= 0.3 is 0 Å². The first-order valence-electron chi connectivity index (χ1n) is 8.50. The molecule has 0 unspecified atom stereocenters. The largest absolute Gasteiger partial charge is 0.340 e. The van der Waals surface area contributed by atoms with Gasteiger partial charge in [-0.15, -0.1) is 0 Å². The lowest BCUT2D eigenvalue weighted by atomic mass is 10.0. The van der Waals surface area contributed by atoms with E-state index in [2.05, 4.69) is 10.3 Å². The summed E-state index contributed by atoms with van der Waals surface area (Å²) in [6, 6.07) is 7.89. The fourth-order valence-electron chi connectivity index (χ4n) is 2.57. The number of amides is 2. The summed E-state index contributed by atoms with van der Waals surface area (Å²) in [5.41, 5.74) is 2.53. The molecule has 1 heterocycles. The van der Waals surface area contributed by atoms with Gasteiger partial charge in [0.25, 0.3) is 5.91 Å². The van der Waals surface area contributed by atoms with Crippen molar-refractivity contribution in [2.45, 2.75) is 33.4 Å². The van der Waals surface area contributed by atoms with E-state index in [4.69, 9.17) is 11.6 Å². The Morgan fingerprint density at radius 1 is 1.19 bits per heavy atom. The first-order chi connectivity index (χ1) is 12.3. The van der Waals surface area contributed by atoms with Gasteiger partial charge in [0.1, 0.15) is 6.04 Å². The molecular formula is C20H24ClN3O2. The Kier molecular flexibility index (Phi) is 6.75. The summed E-state index contributed by atoms with van der Waals surface area (Å²) in [5.74, 6) is -0.471. The standard InChI is InChI=1S/C20H24ClN3O2/c1-13(2)18(23-19(25)15-5-7-17(21)8-6-15)20(26)24(4)12-16-11-22-10-9-14(16)3/h5-11,13,18H,12H2,1-4H3,(H,23,25)/t18-/m0/s1. The van der Waals surface area contributed by atoms with E-state index in [0.717, 1.165) is 11.1 Å². The highest BCUT2D eigenvalue weighted by Gasteiger charge is 2.27. The number of rotatable bonds is 6. The molecule has 0 fully saturated rings. The molecule has 0 aliphatic heterocycles. The third-order valence-electron chi connectivity index (χ3n) is 4.26. The van der Waals surface area contributed by atoms with Gasteiger partial charge in [0.15, 0.2) is 0 Å². The monoisotopic (exact) mass is 373 g/mol. The van der Waals surface area contributed by atoms with Crippen LogP contribution in [0, 0.1) is 12.8 Å². The Balaban J connectivity index is 2.10. The number of aromatic nitrogens is 1. The number of nitrogens with zero attached hydrogens (tertiary/aromatic N) is 2. The molecule has 0 saturated heterocycles. The van der Waals surface area contributed by atoms with Gasteiger partial charge in [-0.05, 0) is 54.3 Å². The smallest absolute Gasteiger partial charge is 0.251 e. The normalized spacial score (nSPS) is 11.9. The van der Waals surface area contributed by atoms with Gasteiger partial charge < -0.3 is 10.2 Å². The molecule has 1 aromatic carbocycles. The molecule has 2 amide bonds. The molecule has 26 heavy (non-hydrogen) atoms. The first kappa shape index (κ1) is 19.9. The number of aryl methyl sites for hydroxylation is 1. The highest BCUT2D eigenvalue weighted by Crippen LogP contribution is 2.13. The van der Waals surface area contributed by atoms with Crippen LogP contribution < -0.4 is 5.32 Å². The summed E-state index contributed by atoms with van der Waals surface area (Å²) in [6.07, 6.45) is 3.49. The number of nitrogens with one attached hydrogen (secondary N) is 1. The van der Waals surface area contributed by atoms with Gasteiger partial charge in [0.05, 0.1) is 0 Å². The minimum Gasteiger partial charge on any atom is -0.340 e. The summed E-state index contributed by atoms with van der Waals surface area (Å²) in [7, 11) is 1.73. The number of halogens is 1. The average molecular weight is 374 g/mol. The van der Waals surface area contributed by atoms with Gasteiger partial charge in [-0.25, -0.2) is 0 Å². The second-order valence-corrected chi connectivity index (χ2v) is 7.13. The maximum Gasteiger partial charge on any atom is 0.251 e. The summed E-state index contributed by atoms with van der Waals surface area (Å²) >= 11 is 5.86. The zero-order valence-corrected chi connectivity index (χ0v) is 16.2. The van der Waals surface area contributed by atoms with E-state index in [9.17, 15) is 9.59 Å². The molecule has 1 aromatic heterocycles. The van der Waals surface area contributed by atoms with Crippen LogP contribution in [0.4, 0.5) is 0 Å². The Morgan fingerprint density at radius 3 is 2.42 bits per heavy atom. The molecule has 138 valence electrons. The zero-order chi connectivity index (χ0) is 19.3. The lowest BCUT2D eigenvalue weighted by Gasteiger charge is -2.27. The Morgan fingerprint density at radius 2 is 1.85 bits per heavy atom. The number of likely N-dealkylation sites (N-methyl/N-ethyl adjacent to an activating group) is 1. The van der Waals surface area contributed by atoms with Crippen molar-refractivity contribution in [2.75, 3.05) is 7.05 Å². The molecule has 0 radical (unpaired) electrons. The number of benzene rings is 1. The molecular weight excluding hydrogens is 350 g/mol. The van der Waals surface area contributed by atoms with Crippen molar-refractivity contribution in [3.63, 3.8) is 0 Å². The van der Waals surface area contributed by atoms with Gasteiger partial charge in [-0.1, -0.05) is 25.4 Å². The summed E-state index contributed by atoms with van der Waals surface area (Å²) in [6.45, 7) is 6.25. The molecule has 0 aliphatic carbocycles. The van der Waals surface area contributed by atoms with Crippen LogP contribution in [-0.2, 0) is 11.3 Å². The number of pyridine rings is 1. The Bertz CT molecular complexity index is 775. The third-order valence-corrected chi connectivity index (χ3v) is 4.51. The molecule has 1 N–H and O–H groups in total. The van der Waals surface area contributed by atoms with Crippen LogP contribution in [-0.4, -0.2) is 34.8 Å². The van der Waals surface area contributed by atoms with Crippen LogP contribution in [0.5, 0.6) is 0 Å². The van der Waals surface area contributed by atoms with Crippen molar-refractivity contribution >= 4 is 23.4 Å². The number of hydrogen-bond acceptors (Lipinski definition) is 3. The highest BCUT2D eigenvalue weighted by atomic mass is 35.5. The second-order valence-electron chi connectivity index (χ2n) is 6.70.